The highest BCUT2D eigenvalue weighted by Crippen LogP contribution is 2.67. The number of nitrogens with zero attached hydrogens (tertiary/aromatic N) is 3. The van der Waals surface area contributed by atoms with Crippen LogP contribution in [0.25, 0.3) is 0 Å². The van der Waals surface area contributed by atoms with Crippen molar-refractivity contribution in [1.82, 2.24) is 5.32 Å². The van der Waals surface area contributed by atoms with Crippen LogP contribution in [0.3, 0.4) is 0 Å². The zero-order chi connectivity index (χ0) is 21.6. The van der Waals surface area contributed by atoms with Crippen molar-refractivity contribution in [3.05, 3.63) is 41.1 Å². The Hall–Kier alpha value is -3.07. The molecule has 0 saturated carbocycles. The number of ether oxygens (including phenoxy) is 3. The topological polar surface area (TPSA) is 126 Å². The molecule has 0 saturated heterocycles. The molecule has 0 amide bonds. The Labute approximate surface area is 175 Å². The number of rotatable bonds is 4. The minimum Gasteiger partial charge on any atom is -0.497 e. The summed E-state index contributed by atoms with van der Waals surface area (Å²) in [4.78, 5) is 4.49. The summed E-state index contributed by atoms with van der Waals surface area (Å²) in [7, 11) is 4.46. The van der Waals surface area contributed by atoms with Crippen molar-refractivity contribution in [2.24, 2.45) is 21.6 Å². The first-order valence-electron chi connectivity index (χ1n) is 9.91. The van der Waals surface area contributed by atoms with Gasteiger partial charge in [-0.3, -0.25) is 0 Å². The summed E-state index contributed by atoms with van der Waals surface area (Å²) in [5.74, 6) is -0.978. The fourth-order valence-electron chi connectivity index (χ4n) is 5.37. The summed E-state index contributed by atoms with van der Waals surface area (Å²) in [6.45, 7) is 0. The second kappa shape index (κ2) is 7.02. The number of hydrogen-bond donors (Lipinski definition) is 2. The Bertz CT molecular complexity index is 999. The SMILES string of the molecule is COc1ccc([C@@H]2NC3=C(CCCC3)[C@]3(C#N)C(OC)(OC)N=C(N)[C@@]23C#N)cc1. The zero-order valence-corrected chi connectivity index (χ0v) is 17.4. The lowest BCUT2D eigenvalue weighted by molar-refractivity contribution is -0.254. The maximum atomic E-state index is 10.7. The molecule has 1 aromatic rings. The van der Waals surface area contributed by atoms with E-state index in [2.05, 4.69) is 22.4 Å². The number of hydrogen-bond acceptors (Lipinski definition) is 8. The first kappa shape index (κ1) is 20.2. The predicted molar refractivity (Wildman–Crippen MR) is 109 cm³/mol. The van der Waals surface area contributed by atoms with E-state index < -0.39 is 22.8 Å². The third kappa shape index (κ3) is 2.18. The summed E-state index contributed by atoms with van der Waals surface area (Å²) in [6, 6.07) is 11.6. The van der Waals surface area contributed by atoms with Crippen LogP contribution in [0.15, 0.2) is 40.5 Å². The molecule has 8 nitrogen and oxygen atoms in total. The lowest BCUT2D eigenvalue weighted by Gasteiger charge is -2.53. The summed E-state index contributed by atoms with van der Waals surface area (Å²) in [5, 5.41) is 24.8. The molecule has 0 bridgehead atoms. The van der Waals surface area contributed by atoms with E-state index >= 15 is 0 Å². The molecule has 3 aliphatic rings. The summed E-state index contributed by atoms with van der Waals surface area (Å²) < 4.78 is 16.7. The average molecular weight is 407 g/mol. The Kier molecular flexibility index (Phi) is 4.73. The van der Waals surface area contributed by atoms with Crippen LogP contribution in [0, 0.1) is 33.5 Å². The van der Waals surface area contributed by atoms with E-state index in [4.69, 9.17) is 19.9 Å². The lowest BCUT2D eigenvalue weighted by Crippen LogP contribution is -2.64. The van der Waals surface area contributed by atoms with Gasteiger partial charge in [0.25, 0.3) is 5.91 Å². The normalized spacial score (nSPS) is 31.5. The van der Waals surface area contributed by atoms with Crippen molar-refractivity contribution >= 4 is 5.84 Å². The average Bonchev–Trinajstić information content (AvgIpc) is 3.04. The van der Waals surface area contributed by atoms with Crippen LogP contribution >= 0.6 is 0 Å². The van der Waals surface area contributed by atoms with Gasteiger partial charge in [-0.2, -0.15) is 10.5 Å². The summed E-state index contributed by atoms with van der Waals surface area (Å²) >= 11 is 0. The van der Waals surface area contributed by atoms with E-state index in [-0.39, 0.29) is 5.84 Å². The molecule has 4 rings (SSSR count). The molecule has 0 fully saturated rings. The zero-order valence-electron chi connectivity index (χ0n) is 17.4. The van der Waals surface area contributed by atoms with Crippen molar-refractivity contribution < 1.29 is 14.2 Å². The van der Waals surface area contributed by atoms with Crippen molar-refractivity contribution in [2.75, 3.05) is 21.3 Å². The van der Waals surface area contributed by atoms with Gasteiger partial charge in [-0.05, 0) is 49.0 Å². The predicted octanol–water partition coefficient (Wildman–Crippen LogP) is 2.50. The number of nitrogens with two attached hydrogens (primary N) is 1. The quantitative estimate of drug-likeness (QED) is 0.734. The van der Waals surface area contributed by atoms with E-state index in [1.54, 1.807) is 7.11 Å². The van der Waals surface area contributed by atoms with Gasteiger partial charge in [-0.25, -0.2) is 4.99 Å². The van der Waals surface area contributed by atoms with Gasteiger partial charge < -0.3 is 25.3 Å². The van der Waals surface area contributed by atoms with Crippen LogP contribution in [0.2, 0.25) is 0 Å². The minimum atomic E-state index is -1.70. The monoisotopic (exact) mass is 407 g/mol. The van der Waals surface area contributed by atoms with Gasteiger partial charge in [-0.1, -0.05) is 12.1 Å². The Morgan fingerprint density at radius 3 is 2.30 bits per heavy atom. The molecule has 156 valence electrons. The maximum Gasteiger partial charge on any atom is 0.296 e. The molecule has 3 atom stereocenters. The van der Waals surface area contributed by atoms with E-state index in [0.29, 0.717) is 12.2 Å². The number of fused-ring (bicyclic) bond motifs is 2. The van der Waals surface area contributed by atoms with Gasteiger partial charge in [-0.15, -0.1) is 0 Å². The minimum absolute atomic E-state index is 0.0284. The molecule has 0 radical (unpaired) electrons. The molecule has 0 aromatic heterocycles. The number of aliphatic imine (C=N–C) groups is 1. The van der Waals surface area contributed by atoms with Crippen molar-refractivity contribution in [2.45, 2.75) is 37.6 Å². The van der Waals surface area contributed by atoms with Gasteiger partial charge in [0.1, 0.15) is 11.6 Å². The van der Waals surface area contributed by atoms with Crippen molar-refractivity contribution in [1.29, 1.82) is 10.5 Å². The number of amidine groups is 1. The summed E-state index contributed by atoms with van der Waals surface area (Å²) in [5.41, 5.74) is 5.97. The van der Waals surface area contributed by atoms with Gasteiger partial charge in [0, 0.05) is 19.9 Å². The highest BCUT2D eigenvalue weighted by atomic mass is 16.7. The number of benzene rings is 1. The number of nitrogens with one attached hydrogen (secondary N) is 1. The van der Waals surface area contributed by atoms with E-state index in [1.165, 1.54) is 14.2 Å². The van der Waals surface area contributed by atoms with Gasteiger partial charge in [0.05, 0.1) is 25.3 Å². The van der Waals surface area contributed by atoms with Crippen LogP contribution in [0.4, 0.5) is 0 Å². The van der Waals surface area contributed by atoms with E-state index in [9.17, 15) is 10.5 Å². The standard InChI is InChI=1S/C22H25N5O3/c1-28-15-10-8-14(9-11-15)18-20(12-23)19(25)27-22(29-2,30-3)21(20,13-24)16-6-4-5-7-17(16)26-18/h8-11,18,26H,4-7H2,1-3H3,(H2,25,27)/t18-,20+,21-/m0/s1. The third-order valence-corrected chi connectivity index (χ3v) is 6.76. The maximum absolute atomic E-state index is 10.7. The van der Waals surface area contributed by atoms with Crippen LogP contribution in [0.1, 0.15) is 37.3 Å². The lowest BCUT2D eigenvalue weighted by atomic mass is 9.52. The molecule has 30 heavy (non-hydrogen) atoms. The first-order chi connectivity index (χ1) is 14.5. The fourth-order valence-corrected chi connectivity index (χ4v) is 5.37. The highest BCUT2D eigenvalue weighted by Gasteiger charge is 2.79. The van der Waals surface area contributed by atoms with Crippen LogP contribution in [-0.2, 0) is 9.47 Å². The molecular weight excluding hydrogens is 382 g/mol. The molecular formula is C22H25N5O3. The Balaban J connectivity index is 2.05. The number of nitriles is 2. The van der Waals surface area contributed by atoms with Gasteiger partial charge in [0.2, 0.25) is 0 Å². The second-order valence-corrected chi connectivity index (χ2v) is 7.78. The van der Waals surface area contributed by atoms with Crippen LogP contribution < -0.4 is 15.8 Å². The molecule has 0 spiro atoms. The van der Waals surface area contributed by atoms with Gasteiger partial charge >= 0.3 is 0 Å². The van der Waals surface area contributed by atoms with Crippen molar-refractivity contribution in [3.8, 4) is 17.9 Å². The molecule has 0 unspecified atom stereocenters. The number of allylic oxidation sites excluding steroid dienone is 1. The molecule has 8 heteroatoms. The highest BCUT2D eigenvalue weighted by molar-refractivity contribution is 5.96. The van der Waals surface area contributed by atoms with Crippen molar-refractivity contribution in [3.63, 3.8) is 0 Å². The smallest absolute Gasteiger partial charge is 0.296 e. The second-order valence-electron chi connectivity index (χ2n) is 7.78. The third-order valence-electron chi connectivity index (χ3n) is 6.76. The van der Waals surface area contributed by atoms with Crippen LogP contribution in [0.5, 0.6) is 5.75 Å². The number of methoxy groups -OCH3 is 3. The van der Waals surface area contributed by atoms with E-state index in [0.717, 1.165) is 36.1 Å². The summed E-state index contributed by atoms with van der Waals surface area (Å²) in [6.07, 6.45) is 3.32. The molecule has 2 heterocycles. The molecule has 1 aliphatic carbocycles. The van der Waals surface area contributed by atoms with Crippen LogP contribution in [-0.4, -0.2) is 33.1 Å². The molecule has 1 aromatic carbocycles. The largest absolute Gasteiger partial charge is 0.497 e. The first-order valence-corrected chi connectivity index (χ1v) is 9.91. The molecule has 2 aliphatic heterocycles. The molecule has 3 N–H and O–H groups in total. The fraction of sp³-hybridized carbons (Fsp3) is 0.500. The van der Waals surface area contributed by atoms with Gasteiger partial charge in [0.15, 0.2) is 10.8 Å². The Morgan fingerprint density at radius 2 is 1.73 bits per heavy atom. The van der Waals surface area contributed by atoms with E-state index in [1.807, 2.05) is 24.3 Å². The Morgan fingerprint density at radius 1 is 1.07 bits per heavy atom.